The molecule has 2 atom stereocenters. The number of primary amides is 1. The van der Waals surface area contributed by atoms with Gasteiger partial charge in [0, 0.05) is 39.4 Å². The Morgan fingerprint density at radius 1 is 1.12 bits per heavy atom. The zero-order valence-electron chi connectivity index (χ0n) is 26.2. The minimum absolute atomic E-state index is 0.0107. The maximum absolute atomic E-state index is 14.9. The van der Waals surface area contributed by atoms with Crippen LogP contribution in [0, 0.1) is 6.92 Å². The summed E-state index contributed by atoms with van der Waals surface area (Å²) in [5.74, 6) is -1.37. The molecule has 2 aromatic carbocycles. The van der Waals surface area contributed by atoms with Gasteiger partial charge in [0.2, 0.25) is 11.5 Å². The molecule has 2 aliphatic rings. The first-order chi connectivity index (χ1) is 22.7. The molecule has 4 N–H and O–H groups in total. The topological polar surface area (TPSA) is 154 Å². The number of benzene rings is 2. The number of hydrogen-bond donors (Lipinski definition) is 3. The van der Waals surface area contributed by atoms with Crippen LogP contribution in [0.2, 0.25) is 0 Å². The van der Waals surface area contributed by atoms with E-state index < -0.39 is 41.2 Å². The second kappa shape index (κ2) is 10.9. The second-order valence-electron chi connectivity index (χ2n) is 12.6. The Balaban J connectivity index is 1.30. The number of alkyl halides is 3. The van der Waals surface area contributed by atoms with Gasteiger partial charge in [-0.15, -0.1) is 0 Å². The van der Waals surface area contributed by atoms with Gasteiger partial charge in [-0.25, -0.2) is 4.98 Å². The first-order valence-electron chi connectivity index (χ1n) is 15.2. The van der Waals surface area contributed by atoms with Crippen LogP contribution in [0.1, 0.15) is 53.1 Å². The zero-order chi connectivity index (χ0) is 34.2. The Hall–Kier alpha value is -5.24. The summed E-state index contributed by atoms with van der Waals surface area (Å²) >= 11 is 0. The molecule has 0 spiro atoms. The normalized spacial score (nSPS) is 18.7. The van der Waals surface area contributed by atoms with Crippen molar-refractivity contribution in [3.05, 3.63) is 77.2 Å². The van der Waals surface area contributed by atoms with Crippen molar-refractivity contribution < 1.29 is 37.3 Å². The third-order valence-electron chi connectivity index (χ3n) is 9.11. The third kappa shape index (κ3) is 5.07. The maximum Gasteiger partial charge on any atom is 0.424 e. The summed E-state index contributed by atoms with van der Waals surface area (Å²) in [6, 6.07) is 12.7. The highest BCUT2D eigenvalue weighted by Crippen LogP contribution is 2.48. The first-order valence-corrected chi connectivity index (χ1v) is 15.2. The number of pyridine rings is 2. The minimum atomic E-state index is -5.32. The Morgan fingerprint density at radius 3 is 2.58 bits per heavy atom. The van der Waals surface area contributed by atoms with E-state index in [9.17, 15) is 27.9 Å². The quantitative estimate of drug-likeness (QED) is 0.218. The van der Waals surface area contributed by atoms with Crippen LogP contribution in [0.5, 0.6) is 11.5 Å². The lowest BCUT2D eigenvalue weighted by molar-refractivity contribution is -0.265. The number of methoxy groups -OCH3 is 1. The van der Waals surface area contributed by atoms with E-state index in [-0.39, 0.29) is 41.0 Å². The van der Waals surface area contributed by atoms with E-state index >= 15 is 0 Å². The lowest BCUT2D eigenvalue weighted by Gasteiger charge is -2.31. The SMILES string of the molecule is COc1cc(C(=O)NCC(O)(c2cc3c(c(-c4ccc5nc(C)ccc5c4)n2)OC[C@]3(C)C(N)=O)C(F)(F)F)cc2cn(C3CC3)nc12. The number of hydrogen-bond acceptors (Lipinski definition) is 8. The number of nitrogens with zero attached hydrogens (tertiary/aromatic N) is 4. The number of halogens is 3. The molecule has 14 heteroatoms. The van der Waals surface area contributed by atoms with Gasteiger partial charge in [0.1, 0.15) is 34.7 Å². The lowest BCUT2D eigenvalue weighted by atomic mass is 9.81. The molecule has 0 radical (unpaired) electrons. The molecule has 1 aliphatic carbocycles. The lowest BCUT2D eigenvalue weighted by Crippen LogP contribution is -2.51. The molecule has 1 fully saturated rings. The van der Waals surface area contributed by atoms with Crippen LogP contribution in [-0.4, -0.2) is 63.1 Å². The molecular formula is C34H31F3N6O5. The van der Waals surface area contributed by atoms with Gasteiger partial charge in [0.25, 0.3) is 5.91 Å². The van der Waals surface area contributed by atoms with E-state index in [4.69, 9.17) is 15.2 Å². The number of nitrogens with two attached hydrogens (primary N) is 1. The van der Waals surface area contributed by atoms with Crippen molar-refractivity contribution in [3.8, 4) is 22.8 Å². The van der Waals surface area contributed by atoms with Crippen LogP contribution >= 0.6 is 0 Å². The standard InChI is InChI=1S/C34H31F3N6O5/c1-17-4-5-18-10-19(6-9-24(18)40-17)28-29-23(32(2,16-48-29)31(38)45)13-26(41-28)33(46,34(35,36)37)15-39-30(44)20-11-21-14-43(22-7-8-22)42-27(21)25(12-20)47-3/h4-6,9-14,22,46H,7-8,15-16H2,1-3H3,(H2,38,45)(H,39,44)/t32-,33?/m0/s1. The molecule has 7 rings (SSSR count). The van der Waals surface area contributed by atoms with Crippen molar-refractivity contribution >= 4 is 33.6 Å². The fourth-order valence-corrected chi connectivity index (χ4v) is 5.95. The van der Waals surface area contributed by atoms with Crippen LogP contribution in [0.15, 0.2) is 54.7 Å². The summed E-state index contributed by atoms with van der Waals surface area (Å²) in [6.07, 6.45) is -1.61. The monoisotopic (exact) mass is 660 g/mol. The molecule has 3 aromatic heterocycles. The highest BCUT2D eigenvalue weighted by molar-refractivity contribution is 6.00. The number of carbonyl (C=O) groups is 2. The van der Waals surface area contributed by atoms with Gasteiger partial charge in [0.15, 0.2) is 0 Å². The number of nitrogens with one attached hydrogen (secondary N) is 1. The molecule has 1 unspecified atom stereocenters. The maximum atomic E-state index is 14.9. The summed E-state index contributed by atoms with van der Waals surface area (Å²) in [5, 5.41) is 19.5. The van der Waals surface area contributed by atoms with Gasteiger partial charge in [-0.05, 0) is 63.1 Å². The summed E-state index contributed by atoms with van der Waals surface area (Å²) in [7, 11) is 1.41. The molecule has 4 heterocycles. The molecule has 0 bridgehead atoms. The predicted molar refractivity (Wildman–Crippen MR) is 169 cm³/mol. The van der Waals surface area contributed by atoms with Gasteiger partial charge in [-0.1, -0.05) is 12.1 Å². The predicted octanol–water partition coefficient (Wildman–Crippen LogP) is 4.61. The van der Waals surface area contributed by atoms with Crippen LogP contribution < -0.4 is 20.5 Å². The van der Waals surface area contributed by atoms with E-state index in [0.29, 0.717) is 27.4 Å². The van der Waals surface area contributed by atoms with E-state index in [0.717, 1.165) is 24.6 Å². The van der Waals surface area contributed by atoms with Crippen molar-refractivity contribution in [3.63, 3.8) is 0 Å². The van der Waals surface area contributed by atoms with Gasteiger partial charge in [-0.3, -0.25) is 19.3 Å². The largest absolute Gasteiger partial charge is 0.494 e. The van der Waals surface area contributed by atoms with E-state index in [1.54, 1.807) is 35.1 Å². The second-order valence-corrected chi connectivity index (χ2v) is 12.6. The summed E-state index contributed by atoms with van der Waals surface area (Å²) < 4.78 is 57.9. The molecule has 248 valence electrons. The summed E-state index contributed by atoms with van der Waals surface area (Å²) in [5.41, 5.74) is 1.97. The number of ether oxygens (including phenoxy) is 2. The Morgan fingerprint density at radius 2 is 1.90 bits per heavy atom. The average Bonchev–Trinajstić information content (AvgIpc) is 3.72. The fraction of sp³-hybridized carbons (Fsp3) is 0.324. The third-order valence-corrected chi connectivity index (χ3v) is 9.11. The zero-order valence-corrected chi connectivity index (χ0v) is 26.2. The average molecular weight is 661 g/mol. The molecule has 1 saturated carbocycles. The number of aliphatic hydroxyl groups is 1. The van der Waals surface area contributed by atoms with Crippen LogP contribution in [0.4, 0.5) is 13.2 Å². The molecular weight excluding hydrogens is 629 g/mol. The van der Waals surface area contributed by atoms with Gasteiger partial charge in [0.05, 0.1) is 30.9 Å². The van der Waals surface area contributed by atoms with Gasteiger partial charge < -0.3 is 25.6 Å². The minimum Gasteiger partial charge on any atom is -0.494 e. The van der Waals surface area contributed by atoms with Crippen molar-refractivity contribution in [1.29, 1.82) is 0 Å². The molecule has 0 saturated heterocycles. The fourth-order valence-electron chi connectivity index (χ4n) is 5.95. The number of carbonyl (C=O) groups excluding carboxylic acids is 2. The number of rotatable bonds is 8. The smallest absolute Gasteiger partial charge is 0.424 e. The molecule has 5 aromatic rings. The highest BCUT2D eigenvalue weighted by Gasteiger charge is 2.57. The van der Waals surface area contributed by atoms with Crippen molar-refractivity contribution in [2.24, 2.45) is 5.73 Å². The highest BCUT2D eigenvalue weighted by atomic mass is 19.4. The van der Waals surface area contributed by atoms with E-state index in [1.165, 1.54) is 26.2 Å². The number of aromatic nitrogens is 4. The molecule has 1 aliphatic heterocycles. The van der Waals surface area contributed by atoms with Crippen LogP contribution in [0.3, 0.4) is 0 Å². The van der Waals surface area contributed by atoms with Crippen LogP contribution in [-0.2, 0) is 15.8 Å². The number of aryl methyl sites for hydroxylation is 1. The summed E-state index contributed by atoms with van der Waals surface area (Å²) in [6.45, 7) is 1.74. The Bertz CT molecular complexity index is 2150. The Kier molecular flexibility index (Phi) is 7.13. The van der Waals surface area contributed by atoms with Crippen molar-refractivity contribution in [2.75, 3.05) is 20.3 Å². The molecule has 11 nitrogen and oxygen atoms in total. The first kappa shape index (κ1) is 31.4. The van der Waals surface area contributed by atoms with Crippen molar-refractivity contribution in [2.45, 2.75) is 49.9 Å². The van der Waals surface area contributed by atoms with Crippen LogP contribution in [0.25, 0.3) is 33.1 Å². The Labute approximate surface area is 271 Å². The molecule has 48 heavy (non-hydrogen) atoms. The number of amides is 2. The van der Waals surface area contributed by atoms with Gasteiger partial charge >= 0.3 is 6.18 Å². The molecule has 2 amide bonds. The van der Waals surface area contributed by atoms with E-state index in [1.807, 2.05) is 13.0 Å². The van der Waals surface area contributed by atoms with Gasteiger partial charge in [-0.2, -0.15) is 18.3 Å². The summed E-state index contributed by atoms with van der Waals surface area (Å²) in [4.78, 5) is 34.7. The number of fused-ring (bicyclic) bond motifs is 3. The van der Waals surface area contributed by atoms with Crippen molar-refractivity contribution in [1.82, 2.24) is 25.1 Å². The van der Waals surface area contributed by atoms with E-state index in [2.05, 4.69) is 20.4 Å².